The number of nitrogens with zero attached hydrogens (tertiary/aromatic N) is 1. The second-order valence-corrected chi connectivity index (χ2v) is 5.44. The molecule has 1 aliphatic heterocycles. The highest BCUT2D eigenvalue weighted by Crippen LogP contribution is 2.21. The zero-order valence-corrected chi connectivity index (χ0v) is 12.3. The first kappa shape index (κ1) is 14.7. The van der Waals surface area contributed by atoms with Gasteiger partial charge < -0.3 is 5.32 Å². The van der Waals surface area contributed by atoms with Crippen LogP contribution in [0.1, 0.15) is 23.6 Å². The lowest BCUT2D eigenvalue weighted by Crippen LogP contribution is -2.43. The minimum atomic E-state index is -0.207. The summed E-state index contributed by atoms with van der Waals surface area (Å²) in [6.45, 7) is 0.651. The molecule has 5 heteroatoms. The molecule has 2 heterocycles. The van der Waals surface area contributed by atoms with Crippen LogP contribution in [0.3, 0.4) is 0 Å². The molecule has 2 aromatic rings. The quantitative estimate of drug-likeness (QED) is 0.779. The second kappa shape index (κ2) is 7.15. The van der Waals surface area contributed by atoms with Gasteiger partial charge >= 0.3 is 0 Å². The van der Waals surface area contributed by atoms with Crippen LogP contribution in [0.15, 0.2) is 54.9 Å². The fraction of sp³-hybridized carbons (Fsp3) is 0.294. The zero-order chi connectivity index (χ0) is 15.2. The van der Waals surface area contributed by atoms with Crippen LogP contribution >= 0.6 is 0 Å². The van der Waals surface area contributed by atoms with E-state index < -0.39 is 0 Å². The van der Waals surface area contributed by atoms with Gasteiger partial charge in [-0.05, 0) is 30.0 Å². The number of hydrogen-bond acceptors (Lipinski definition) is 4. The molecule has 0 spiro atoms. The van der Waals surface area contributed by atoms with Gasteiger partial charge in [-0.1, -0.05) is 36.4 Å². The molecule has 1 fully saturated rings. The Morgan fingerprint density at radius 3 is 2.82 bits per heavy atom. The summed E-state index contributed by atoms with van der Waals surface area (Å²) in [4.78, 5) is 16.3. The summed E-state index contributed by atoms with van der Waals surface area (Å²) in [5.74, 6) is 0.0369. The normalized spacial score (nSPS) is 20.7. The fourth-order valence-electron chi connectivity index (χ4n) is 2.63. The third-order valence-electron chi connectivity index (χ3n) is 3.86. The van der Waals surface area contributed by atoms with Crippen LogP contribution in [0.5, 0.6) is 0 Å². The smallest absolute Gasteiger partial charge is 0.238 e. The predicted molar refractivity (Wildman–Crippen MR) is 84.8 cm³/mol. The van der Waals surface area contributed by atoms with Gasteiger partial charge in [0.1, 0.15) is 6.04 Å². The lowest BCUT2D eigenvalue weighted by molar-refractivity contribution is -0.122. The molecule has 1 aromatic carbocycles. The molecule has 0 aliphatic carbocycles. The van der Waals surface area contributed by atoms with Gasteiger partial charge in [0.15, 0.2) is 0 Å². The van der Waals surface area contributed by atoms with Crippen LogP contribution in [-0.2, 0) is 11.2 Å². The molecular formula is C17H20N4O. The van der Waals surface area contributed by atoms with Gasteiger partial charge in [0.05, 0.1) is 0 Å². The molecule has 5 nitrogen and oxygen atoms in total. The van der Waals surface area contributed by atoms with Crippen molar-refractivity contribution in [2.45, 2.75) is 24.9 Å². The van der Waals surface area contributed by atoms with Crippen LogP contribution in [-0.4, -0.2) is 23.5 Å². The number of rotatable bonds is 5. The standard InChI is InChI=1S/C17H20N4O/c22-17(19-10-8-13-5-2-1-3-6-13)16-11-15(20-21-16)14-7-4-9-18-12-14/h1-7,9,12,15-16,20-21H,8,10-11H2,(H,19,22). The van der Waals surface area contributed by atoms with E-state index in [9.17, 15) is 4.79 Å². The number of aromatic nitrogens is 1. The summed E-state index contributed by atoms with van der Waals surface area (Å²) in [6, 6.07) is 14.0. The van der Waals surface area contributed by atoms with E-state index in [1.807, 2.05) is 36.5 Å². The maximum Gasteiger partial charge on any atom is 0.238 e. The topological polar surface area (TPSA) is 66.0 Å². The monoisotopic (exact) mass is 296 g/mol. The fourth-order valence-corrected chi connectivity index (χ4v) is 2.63. The minimum absolute atomic E-state index is 0.0369. The number of amides is 1. The Kier molecular flexibility index (Phi) is 4.78. The van der Waals surface area contributed by atoms with Crippen LogP contribution in [0.4, 0.5) is 0 Å². The van der Waals surface area contributed by atoms with Crippen molar-refractivity contribution < 1.29 is 4.79 Å². The molecule has 2 unspecified atom stereocenters. The molecule has 3 N–H and O–H groups in total. The maximum absolute atomic E-state index is 12.2. The molecule has 114 valence electrons. The molecular weight excluding hydrogens is 276 g/mol. The number of hydrazine groups is 1. The molecule has 0 radical (unpaired) electrons. The van der Waals surface area contributed by atoms with E-state index in [1.165, 1.54) is 5.56 Å². The third-order valence-corrected chi connectivity index (χ3v) is 3.86. The summed E-state index contributed by atoms with van der Waals surface area (Å²) in [5.41, 5.74) is 8.55. The summed E-state index contributed by atoms with van der Waals surface area (Å²) >= 11 is 0. The van der Waals surface area contributed by atoms with E-state index in [2.05, 4.69) is 33.3 Å². The van der Waals surface area contributed by atoms with Crippen molar-refractivity contribution >= 4 is 5.91 Å². The summed E-state index contributed by atoms with van der Waals surface area (Å²) in [7, 11) is 0. The van der Waals surface area contributed by atoms with Crippen molar-refractivity contribution in [1.82, 2.24) is 21.2 Å². The van der Waals surface area contributed by atoms with Crippen LogP contribution < -0.4 is 16.2 Å². The van der Waals surface area contributed by atoms with Crippen molar-refractivity contribution in [1.29, 1.82) is 0 Å². The van der Waals surface area contributed by atoms with Crippen molar-refractivity contribution in [2.24, 2.45) is 0 Å². The average molecular weight is 296 g/mol. The van der Waals surface area contributed by atoms with Crippen molar-refractivity contribution in [2.75, 3.05) is 6.54 Å². The first-order valence-electron chi connectivity index (χ1n) is 7.55. The van der Waals surface area contributed by atoms with Gasteiger partial charge in [-0.25, -0.2) is 10.9 Å². The van der Waals surface area contributed by atoms with Crippen molar-refractivity contribution in [3.05, 3.63) is 66.0 Å². The van der Waals surface area contributed by atoms with Crippen LogP contribution in [0.25, 0.3) is 0 Å². The Bertz CT molecular complexity index is 603. The van der Waals surface area contributed by atoms with Crippen LogP contribution in [0.2, 0.25) is 0 Å². The molecule has 1 aromatic heterocycles. The van der Waals surface area contributed by atoms with Crippen molar-refractivity contribution in [3.8, 4) is 0 Å². The Hall–Kier alpha value is -2.24. The Morgan fingerprint density at radius 1 is 1.18 bits per heavy atom. The van der Waals surface area contributed by atoms with E-state index in [1.54, 1.807) is 6.20 Å². The number of nitrogens with one attached hydrogen (secondary N) is 3. The van der Waals surface area contributed by atoms with Gasteiger partial charge in [-0.15, -0.1) is 0 Å². The molecule has 0 saturated carbocycles. The van der Waals surface area contributed by atoms with Gasteiger partial charge in [0, 0.05) is 25.0 Å². The zero-order valence-electron chi connectivity index (χ0n) is 12.3. The number of carbonyl (C=O) groups excluding carboxylic acids is 1. The average Bonchev–Trinajstić information content (AvgIpc) is 3.07. The number of hydrogen-bond donors (Lipinski definition) is 3. The largest absolute Gasteiger partial charge is 0.354 e. The minimum Gasteiger partial charge on any atom is -0.354 e. The van der Waals surface area contributed by atoms with E-state index in [4.69, 9.17) is 0 Å². The van der Waals surface area contributed by atoms with E-state index in [-0.39, 0.29) is 18.0 Å². The Morgan fingerprint density at radius 2 is 2.05 bits per heavy atom. The summed E-state index contributed by atoms with van der Waals surface area (Å²) in [6.07, 6.45) is 5.15. The highest BCUT2D eigenvalue weighted by atomic mass is 16.2. The predicted octanol–water partition coefficient (Wildman–Crippen LogP) is 1.35. The van der Waals surface area contributed by atoms with Crippen LogP contribution in [0, 0.1) is 0 Å². The first-order valence-corrected chi connectivity index (χ1v) is 7.55. The second-order valence-electron chi connectivity index (χ2n) is 5.44. The molecule has 2 atom stereocenters. The number of carbonyl (C=O) groups is 1. The van der Waals surface area contributed by atoms with Gasteiger partial charge in [-0.3, -0.25) is 9.78 Å². The van der Waals surface area contributed by atoms with Gasteiger partial charge in [0.25, 0.3) is 0 Å². The highest BCUT2D eigenvalue weighted by Gasteiger charge is 2.29. The van der Waals surface area contributed by atoms with Gasteiger partial charge in [0.2, 0.25) is 5.91 Å². The number of pyridine rings is 1. The SMILES string of the molecule is O=C(NCCc1ccccc1)C1CC(c2cccnc2)NN1. The first-order chi connectivity index (χ1) is 10.8. The highest BCUT2D eigenvalue weighted by molar-refractivity contribution is 5.82. The Balaban J connectivity index is 1.46. The maximum atomic E-state index is 12.2. The lowest BCUT2D eigenvalue weighted by Gasteiger charge is -2.10. The van der Waals surface area contributed by atoms with E-state index in [0.29, 0.717) is 6.54 Å². The number of benzene rings is 1. The summed E-state index contributed by atoms with van der Waals surface area (Å²) in [5, 5.41) is 2.99. The lowest BCUT2D eigenvalue weighted by atomic mass is 10.0. The molecule has 22 heavy (non-hydrogen) atoms. The van der Waals surface area contributed by atoms with E-state index >= 15 is 0 Å². The summed E-state index contributed by atoms with van der Waals surface area (Å²) < 4.78 is 0. The molecule has 0 bridgehead atoms. The van der Waals surface area contributed by atoms with Crippen molar-refractivity contribution in [3.63, 3.8) is 0 Å². The van der Waals surface area contributed by atoms with E-state index in [0.717, 1.165) is 18.4 Å². The molecule has 1 amide bonds. The molecule has 1 saturated heterocycles. The van der Waals surface area contributed by atoms with Gasteiger partial charge in [-0.2, -0.15) is 0 Å². The molecule has 3 rings (SSSR count). The Labute approximate surface area is 130 Å². The third kappa shape index (κ3) is 3.69. The molecule has 1 aliphatic rings.